The number of carbonyl (C=O) groups excluding carboxylic acids is 2. The normalized spacial score (nSPS) is 26.4. The minimum absolute atomic E-state index is 0.0191. The van der Waals surface area contributed by atoms with E-state index < -0.39 is 23.8 Å². The second-order valence-electron chi connectivity index (χ2n) is 6.54. The number of carboxylic acid groups (broad SMARTS) is 1. The molecule has 2 aliphatic carbocycles. The molecule has 3 rings (SSSR count). The van der Waals surface area contributed by atoms with Crippen molar-refractivity contribution in [2.45, 2.75) is 19.8 Å². The van der Waals surface area contributed by atoms with Crippen molar-refractivity contribution in [1.29, 1.82) is 0 Å². The number of hydrogen-bond acceptors (Lipinski definition) is 4. The number of fused-ring (bicyclic) bond motifs is 2. The van der Waals surface area contributed by atoms with Crippen LogP contribution in [0.15, 0.2) is 36.4 Å². The van der Waals surface area contributed by atoms with Crippen LogP contribution >= 0.6 is 0 Å². The van der Waals surface area contributed by atoms with E-state index in [1.165, 1.54) is 0 Å². The molecule has 1 saturated carbocycles. The number of carbonyl (C=O) groups is 3. The van der Waals surface area contributed by atoms with Crippen LogP contribution in [0.5, 0.6) is 0 Å². The zero-order chi connectivity index (χ0) is 18.0. The molecule has 0 radical (unpaired) electrons. The highest BCUT2D eigenvalue weighted by Gasteiger charge is 2.51. The first kappa shape index (κ1) is 17.2. The van der Waals surface area contributed by atoms with E-state index in [0.29, 0.717) is 17.9 Å². The maximum Gasteiger partial charge on any atom is 0.338 e. The first-order valence-corrected chi connectivity index (χ1v) is 8.50. The van der Waals surface area contributed by atoms with Gasteiger partial charge in [-0.1, -0.05) is 19.1 Å². The fourth-order valence-corrected chi connectivity index (χ4v) is 3.71. The van der Waals surface area contributed by atoms with Crippen molar-refractivity contribution in [2.75, 3.05) is 11.9 Å². The van der Waals surface area contributed by atoms with Crippen LogP contribution in [0.4, 0.5) is 5.69 Å². The molecule has 132 valence electrons. The summed E-state index contributed by atoms with van der Waals surface area (Å²) in [4.78, 5) is 35.8. The Morgan fingerprint density at radius 3 is 2.36 bits per heavy atom. The Hall–Kier alpha value is -2.63. The predicted molar refractivity (Wildman–Crippen MR) is 91.0 cm³/mol. The lowest BCUT2D eigenvalue weighted by molar-refractivity contribution is -0.146. The van der Waals surface area contributed by atoms with Gasteiger partial charge in [0.25, 0.3) is 0 Å². The second-order valence-corrected chi connectivity index (χ2v) is 6.54. The average Bonchev–Trinajstić information content (AvgIpc) is 3.21. The van der Waals surface area contributed by atoms with Crippen molar-refractivity contribution in [3.05, 3.63) is 42.0 Å². The molecule has 1 amide bonds. The Bertz CT molecular complexity index is 709. The molecule has 2 N–H and O–H groups in total. The summed E-state index contributed by atoms with van der Waals surface area (Å²) in [5, 5.41) is 12.2. The highest BCUT2D eigenvalue weighted by Crippen LogP contribution is 2.48. The number of anilines is 1. The molecule has 0 saturated heterocycles. The van der Waals surface area contributed by atoms with E-state index in [4.69, 9.17) is 4.74 Å². The van der Waals surface area contributed by atoms with E-state index in [0.717, 1.165) is 12.8 Å². The quantitative estimate of drug-likeness (QED) is 0.612. The highest BCUT2D eigenvalue weighted by atomic mass is 16.5. The van der Waals surface area contributed by atoms with Crippen LogP contribution in [0.3, 0.4) is 0 Å². The molecule has 6 heteroatoms. The summed E-state index contributed by atoms with van der Waals surface area (Å²) < 4.78 is 5.05. The average molecular weight is 343 g/mol. The Morgan fingerprint density at radius 2 is 1.76 bits per heavy atom. The molecular weight excluding hydrogens is 322 g/mol. The van der Waals surface area contributed by atoms with Crippen LogP contribution in [0.25, 0.3) is 0 Å². The van der Waals surface area contributed by atoms with Gasteiger partial charge < -0.3 is 15.2 Å². The first-order chi connectivity index (χ1) is 12.0. The Balaban J connectivity index is 1.66. The van der Waals surface area contributed by atoms with Gasteiger partial charge in [-0.25, -0.2) is 4.79 Å². The number of aliphatic carboxylic acids is 1. The van der Waals surface area contributed by atoms with Crippen LogP contribution in [0, 0.1) is 23.7 Å². The molecule has 1 fully saturated rings. The van der Waals surface area contributed by atoms with Crippen LogP contribution in [0.2, 0.25) is 0 Å². The second kappa shape index (κ2) is 7.09. The molecule has 2 aliphatic rings. The van der Waals surface area contributed by atoms with Gasteiger partial charge in [0.1, 0.15) is 0 Å². The summed E-state index contributed by atoms with van der Waals surface area (Å²) in [6, 6.07) is 6.42. The highest BCUT2D eigenvalue weighted by molar-refractivity contribution is 5.97. The topological polar surface area (TPSA) is 92.7 Å². The lowest BCUT2D eigenvalue weighted by Crippen LogP contribution is -2.36. The number of allylic oxidation sites excluding steroid dienone is 2. The third-order valence-electron chi connectivity index (χ3n) is 4.87. The van der Waals surface area contributed by atoms with Crippen LogP contribution in [-0.2, 0) is 14.3 Å². The van der Waals surface area contributed by atoms with Crippen molar-refractivity contribution < 1.29 is 24.2 Å². The maximum atomic E-state index is 12.6. The number of amides is 1. The van der Waals surface area contributed by atoms with E-state index in [9.17, 15) is 19.5 Å². The molecule has 25 heavy (non-hydrogen) atoms. The van der Waals surface area contributed by atoms with Crippen LogP contribution < -0.4 is 5.32 Å². The zero-order valence-electron chi connectivity index (χ0n) is 14.0. The van der Waals surface area contributed by atoms with Crippen molar-refractivity contribution in [3.8, 4) is 0 Å². The number of esters is 1. The Labute approximate surface area is 145 Å². The van der Waals surface area contributed by atoms with Gasteiger partial charge in [0.15, 0.2) is 0 Å². The number of ether oxygens (including phenoxy) is 1. The third kappa shape index (κ3) is 3.43. The van der Waals surface area contributed by atoms with Crippen molar-refractivity contribution in [3.63, 3.8) is 0 Å². The van der Waals surface area contributed by atoms with Gasteiger partial charge in [-0.3, -0.25) is 9.59 Å². The number of benzene rings is 1. The lowest BCUT2D eigenvalue weighted by atomic mass is 9.82. The minimum atomic E-state index is -0.925. The summed E-state index contributed by atoms with van der Waals surface area (Å²) in [5.74, 6) is -2.91. The molecule has 0 heterocycles. The first-order valence-electron chi connectivity index (χ1n) is 8.50. The van der Waals surface area contributed by atoms with Crippen LogP contribution in [-0.4, -0.2) is 29.6 Å². The monoisotopic (exact) mass is 343 g/mol. The number of nitrogens with one attached hydrogen (secondary N) is 1. The molecule has 6 nitrogen and oxygen atoms in total. The standard InChI is InChI=1S/C19H21NO5/c1-2-9-25-19(24)11-5-7-14(8-6-11)20-17(21)15-12-3-4-13(10-12)16(15)18(22)23/h3-8,12-13,15-16H,2,9-10H2,1H3,(H,20,21)(H,22,23)/t12-,13+,15+,16-/m0/s1. The van der Waals surface area contributed by atoms with Gasteiger partial charge in [-0.2, -0.15) is 0 Å². The predicted octanol–water partition coefficient (Wildman–Crippen LogP) is 2.71. The molecule has 0 spiro atoms. The molecule has 1 aromatic rings. The van der Waals surface area contributed by atoms with Gasteiger partial charge in [-0.15, -0.1) is 0 Å². The van der Waals surface area contributed by atoms with Gasteiger partial charge in [-0.05, 0) is 48.9 Å². The molecular formula is C19H21NO5. The molecule has 0 unspecified atom stereocenters. The lowest BCUT2D eigenvalue weighted by Gasteiger charge is -2.23. The smallest absolute Gasteiger partial charge is 0.338 e. The summed E-state index contributed by atoms with van der Waals surface area (Å²) in [6.07, 6.45) is 5.32. The fourth-order valence-electron chi connectivity index (χ4n) is 3.71. The molecule has 0 aromatic heterocycles. The third-order valence-corrected chi connectivity index (χ3v) is 4.87. The van der Waals surface area contributed by atoms with E-state index in [-0.39, 0.29) is 17.7 Å². The molecule has 4 atom stereocenters. The molecule has 2 bridgehead atoms. The van der Waals surface area contributed by atoms with E-state index in [1.807, 2.05) is 19.1 Å². The van der Waals surface area contributed by atoms with E-state index in [1.54, 1.807) is 24.3 Å². The number of hydrogen-bond donors (Lipinski definition) is 2. The summed E-state index contributed by atoms with van der Waals surface area (Å²) >= 11 is 0. The SMILES string of the molecule is CCCOC(=O)c1ccc(NC(=O)[C@H]2[C@@H](C(=O)O)[C@@H]3C=C[C@H]2C3)cc1. The van der Waals surface area contributed by atoms with Gasteiger partial charge in [0.2, 0.25) is 5.91 Å². The zero-order valence-corrected chi connectivity index (χ0v) is 14.0. The number of rotatable bonds is 6. The Kier molecular flexibility index (Phi) is 4.88. The van der Waals surface area contributed by atoms with Crippen molar-refractivity contribution in [1.82, 2.24) is 0 Å². The Morgan fingerprint density at radius 1 is 1.12 bits per heavy atom. The van der Waals surface area contributed by atoms with Crippen molar-refractivity contribution >= 4 is 23.5 Å². The van der Waals surface area contributed by atoms with Gasteiger partial charge in [0, 0.05) is 5.69 Å². The molecule has 1 aromatic carbocycles. The summed E-state index contributed by atoms with van der Waals surface area (Å²) in [6.45, 7) is 2.28. The maximum absolute atomic E-state index is 12.6. The van der Waals surface area contributed by atoms with E-state index >= 15 is 0 Å². The fraction of sp³-hybridized carbons (Fsp3) is 0.421. The minimum Gasteiger partial charge on any atom is -0.481 e. The van der Waals surface area contributed by atoms with E-state index in [2.05, 4.69) is 5.32 Å². The number of carboxylic acids is 1. The summed E-state index contributed by atoms with van der Waals surface area (Å²) in [7, 11) is 0. The largest absolute Gasteiger partial charge is 0.481 e. The van der Waals surface area contributed by atoms with Crippen LogP contribution in [0.1, 0.15) is 30.1 Å². The van der Waals surface area contributed by atoms with Gasteiger partial charge >= 0.3 is 11.9 Å². The van der Waals surface area contributed by atoms with Gasteiger partial charge in [0.05, 0.1) is 24.0 Å². The molecule has 0 aliphatic heterocycles. The summed E-state index contributed by atoms with van der Waals surface area (Å²) in [5.41, 5.74) is 0.950. The van der Waals surface area contributed by atoms with Crippen molar-refractivity contribution in [2.24, 2.45) is 23.7 Å².